The maximum Gasteiger partial charge on any atom is 0.309 e. The van der Waals surface area contributed by atoms with E-state index in [0.29, 0.717) is 12.2 Å². The molecule has 0 aromatic heterocycles. The van der Waals surface area contributed by atoms with E-state index in [2.05, 4.69) is 41.5 Å². The second-order valence-corrected chi connectivity index (χ2v) is 11.4. The molecule has 0 fully saturated rings. The van der Waals surface area contributed by atoms with Crippen molar-refractivity contribution in [3.05, 3.63) is 0 Å². The van der Waals surface area contributed by atoms with Gasteiger partial charge in [0.05, 0.1) is 12.0 Å². The summed E-state index contributed by atoms with van der Waals surface area (Å²) in [6.07, 6.45) is 4.81. The number of ketones is 1. The third-order valence-electron chi connectivity index (χ3n) is 4.47. The molecule has 28 heavy (non-hydrogen) atoms. The van der Waals surface area contributed by atoms with Crippen molar-refractivity contribution in [2.75, 3.05) is 0 Å². The van der Waals surface area contributed by atoms with E-state index in [1.807, 2.05) is 27.7 Å². The van der Waals surface area contributed by atoms with Crippen molar-refractivity contribution in [3.63, 3.8) is 0 Å². The molecule has 3 nitrogen and oxygen atoms in total. The maximum atomic E-state index is 12.7. The summed E-state index contributed by atoms with van der Waals surface area (Å²) >= 11 is 0. The molecule has 0 rings (SSSR count). The molecular formula is C25H52O3. The molecule has 0 spiro atoms. The Morgan fingerprint density at radius 1 is 0.786 bits per heavy atom. The summed E-state index contributed by atoms with van der Waals surface area (Å²) in [6.45, 7) is 20.9. The molecule has 0 aliphatic heterocycles. The number of hydrogen-bond donors (Lipinski definition) is 0. The summed E-state index contributed by atoms with van der Waals surface area (Å²) in [5.41, 5.74) is -0.0534. The van der Waals surface area contributed by atoms with Crippen molar-refractivity contribution >= 4 is 11.8 Å². The van der Waals surface area contributed by atoms with Gasteiger partial charge in [0.2, 0.25) is 0 Å². The third kappa shape index (κ3) is 16.1. The molecule has 0 saturated heterocycles. The molecular weight excluding hydrogens is 348 g/mol. The highest BCUT2D eigenvalue weighted by molar-refractivity contribution is 5.83. The first-order chi connectivity index (χ1) is 11.5. The molecule has 0 saturated carbocycles. The zero-order chi connectivity index (χ0) is 20.8. The Kier molecular flexibility index (Phi) is 14.4. The Bertz CT molecular complexity index is 428. The van der Waals surface area contributed by atoms with Crippen LogP contribution in [0, 0.1) is 22.2 Å². The molecule has 0 aromatic rings. The predicted octanol–water partition coefficient (Wildman–Crippen LogP) is 7.85. The first-order valence-electron chi connectivity index (χ1n) is 10.2. The average molecular weight is 401 g/mol. The van der Waals surface area contributed by atoms with Gasteiger partial charge in [0.15, 0.2) is 0 Å². The Labute approximate surface area is 177 Å². The maximum absolute atomic E-state index is 12.7. The van der Waals surface area contributed by atoms with Crippen LogP contribution in [0.2, 0.25) is 0 Å². The fraction of sp³-hybridized carbons (Fsp3) is 0.920. The Morgan fingerprint density at radius 3 is 1.57 bits per heavy atom. The number of ether oxygens (including phenoxy) is 1. The van der Waals surface area contributed by atoms with Crippen LogP contribution in [0.1, 0.15) is 123 Å². The highest BCUT2D eigenvalue weighted by Gasteiger charge is 2.31. The summed E-state index contributed by atoms with van der Waals surface area (Å²) < 4.78 is 5.75. The lowest BCUT2D eigenvalue weighted by molar-refractivity contribution is -0.156. The number of hydrogen-bond acceptors (Lipinski definition) is 3. The number of rotatable bonds is 9. The summed E-state index contributed by atoms with van der Waals surface area (Å²) in [5, 5.41) is 0. The summed E-state index contributed by atoms with van der Waals surface area (Å²) in [5.74, 6) is 0.186. The van der Waals surface area contributed by atoms with Crippen LogP contribution in [-0.2, 0) is 14.3 Å². The average Bonchev–Trinajstić information content (AvgIpc) is 2.38. The molecule has 0 aliphatic carbocycles. The van der Waals surface area contributed by atoms with Gasteiger partial charge < -0.3 is 4.74 Å². The van der Waals surface area contributed by atoms with E-state index in [9.17, 15) is 9.59 Å². The number of carbonyl (C=O) groups excluding carboxylic acids is 2. The standard InChI is InChI=1S/C23H44O3.2CH4/c1-17(13-11-12-14-19(24)23(8,9)10)26-20(25)18(15-21(2,3)4)16-22(5,6)7;;/h17-18H,11-16H2,1-10H3;2*1H4. The summed E-state index contributed by atoms with van der Waals surface area (Å²) in [4.78, 5) is 24.7. The fourth-order valence-corrected chi connectivity index (χ4v) is 3.16. The minimum Gasteiger partial charge on any atom is -0.462 e. The second kappa shape index (κ2) is 12.6. The van der Waals surface area contributed by atoms with Crippen LogP contribution in [0.25, 0.3) is 0 Å². The lowest BCUT2D eigenvalue weighted by Crippen LogP contribution is -2.29. The SMILES string of the molecule is C.C.CC(CCCCC(=O)C(C)(C)C)OC(=O)C(CC(C)(C)C)CC(C)(C)C. The zero-order valence-corrected chi connectivity index (χ0v) is 19.1. The number of unbranched alkanes of at least 4 members (excludes halogenated alkanes) is 1. The van der Waals surface area contributed by atoms with E-state index in [0.717, 1.165) is 32.1 Å². The van der Waals surface area contributed by atoms with Crippen LogP contribution in [0.5, 0.6) is 0 Å². The number of esters is 1. The quantitative estimate of drug-likeness (QED) is 0.292. The second-order valence-electron chi connectivity index (χ2n) is 11.4. The summed E-state index contributed by atoms with van der Waals surface area (Å²) in [7, 11) is 0. The van der Waals surface area contributed by atoms with Gasteiger partial charge in [-0.3, -0.25) is 9.59 Å². The van der Waals surface area contributed by atoms with Crippen molar-refractivity contribution in [3.8, 4) is 0 Å². The molecule has 3 heteroatoms. The highest BCUT2D eigenvalue weighted by atomic mass is 16.5. The first kappa shape index (κ1) is 31.8. The molecule has 0 aliphatic rings. The van der Waals surface area contributed by atoms with E-state index >= 15 is 0 Å². The van der Waals surface area contributed by atoms with Crippen LogP contribution >= 0.6 is 0 Å². The molecule has 0 amide bonds. The van der Waals surface area contributed by atoms with Gasteiger partial charge in [-0.25, -0.2) is 0 Å². The Balaban J connectivity index is -0.00000312. The zero-order valence-electron chi connectivity index (χ0n) is 19.1. The Hall–Kier alpha value is -0.860. The Morgan fingerprint density at radius 2 is 1.21 bits per heavy atom. The van der Waals surface area contributed by atoms with Gasteiger partial charge in [-0.05, 0) is 49.9 Å². The summed E-state index contributed by atoms with van der Waals surface area (Å²) in [6, 6.07) is 0. The topological polar surface area (TPSA) is 43.4 Å². The molecule has 0 N–H and O–H groups in total. The van der Waals surface area contributed by atoms with E-state index in [1.165, 1.54) is 0 Å². The van der Waals surface area contributed by atoms with Crippen LogP contribution < -0.4 is 0 Å². The van der Waals surface area contributed by atoms with Crippen molar-refractivity contribution in [1.82, 2.24) is 0 Å². The highest BCUT2D eigenvalue weighted by Crippen LogP contribution is 2.34. The van der Waals surface area contributed by atoms with Gasteiger partial charge in [-0.2, -0.15) is 0 Å². The van der Waals surface area contributed by atoms with Gasteiger partial charge in [0, 0.05) is 11.8 Å². The molecule has 0 heterocycles. The third-order valence-corrected chi connectivity index (χ3v) is 4.47. The number of carbonyl (C=O) groups is 2. The minimum absolute atomic E-state index is 0. The largest absolute Gasteiger partial charge is 0.462 e. The van der Waals surface area contributed by atoms with Gasteiger partial charge >= 0.3 is 5.97 Å². The number of Topliss-reactive ketones (excluding diaryl/α,β-unsaturated/α-hetero) is 1. The van der Waals surface area contributed by atoms with Crippen LogP contribution in [0.3, 0.4) is 0 Å². The van der Waals surface area contributed by atoms with Crippen LogP contribution in [-0.4, -0.2) is 17.9 Å². The minimum atomic E-state index is -0.259. The van der Waals surface area contributed by atoms with Crippen molar-refractivity contribution in [1.29, 1.82) is 0 Å². The molecule has 170 valence electrons. The monoisotopic (exact) mass is 400 g/mol. The van der Waals surface area contributed by atoms with E-state index in [-0.39, 0.29) is 49.1 Å². The molecule has 1 unspecified atom stereocenters. The molecule has 0 radical (unpaired) electrons. The smallest absolute Gasteiger partial charge is 0.309 e. The van der Waals surface area contributed by atoms with Gasteiger partial charge in [-0.1, -0.05) is 77.2 Å². The van der Waals surface area contributed by atoms with Gasteiger partial charge in [0.25, 0.3) is 0 Å². The van der Waals surface area contributed by atoms with Crippen LogP contribution in [0.4, 0.5) is 0 Å². The van der Waals surface area contributed by atoms with Crippen molar-refractivity contribution in [2.24, 2.45) is 22.2 Å². The predicted molar refractivity (Wildman–Crippen MR) is 124 cm³/mol. The molecule has 1 atom stereocenters. The van der Waals surface area contributed by atoms with Crippen LogP contribution in [0.15, 0.2) is 0 Å². The van der Waals surface area contributed by atoms with E-state index in [1.54, 1.807) is 0 Å². The lowest BCUT2D eigenvalue weighted by atomic mass is 9.77. The van der Waals surface area contributed by atoms with Crippen molar-refractivity contribution in [2.45, 2.75) is 129 Å². The van der Waals surface area contributed by atoms with Gasteiger partial charge in [0.1, 0.15) is 5.78 Å². The van der Waals surface area contributed by atoms with Gasteiger partial charge in [-0.15, -0.1) is 0 Å². The van der Waals surface area contributed by atoms with Crippen molar-refractivity contribution < 1.29 is 14.3 Å². The lowest BCUT2D eigenvalue weighted by Gasteiger charge is -2.30. The molecule has 0 bridgehead atoms. The van der Waals surface area contributed by atoms with E-state index in [4.69, 9.17) is 4.74 Å². The molecule has 0 aromatic carbocycles. The normalized spacial score (nSPS) is 13.4. The fourth-order valence-electron chi connectivity index (χ4n) is 3.16. The van der Waals surface area contributed by atoms with E-state index < -0.39 is 0 Å². The first-order valence-corrected chi connectivity index (χ1v) is 10.2.